The molecule has 1 amide bonds. The number of hydrogen-bond acceptors (Lipinski definition) is 7. The third-order valence-corrected chi connectivity index (χ3v) is 7.71. The minimum Gasteiger partial charge on any atom is -0.497 e. The van der Waals surface area contributed by atoms with Crippen molar-refractivity contribution >= 4 is 38.9 Å². The number of ketones is 1. The Morgan fingerprint density at radius 1 is 1.26 bits per heavy atom. The number of carbonyl (C=O) groups is 2. The number of nitrogens with one attached hydrogen (secondary N) is 1. The first-order chi connectivity index (χ1) is 16.3. The number of nitrogens with zero attached hydrogens (tertiary/aromatic N) is 1. The maximum atomic E-state index is 13.4. The van der Waals surface area contributed by atoms with Gasteiger partial charge in [-0.2, -0.15) is 0 Å². The van der Waals surface area contributed by atoms with E-state index >= 15 is 0 Å². The van der Waals surface area contributed by atoms with Crippen LogP contribution in [0.15, 0.2) is 24.3 Å². The Morgan fingerprint density at radius 3 is 2.71 bits per heavy atom. The number of Topliss-reactive ketones (excluding diaryl/α,β-unsaturated/α-hetero) is 1. The maximum absolute atomic E-state index is 13.4. The minimum atomic E-state index is -0.235. The molecular formula is C26H29N3O4S. The predicted octanol–water partition coefficient (Wildman–Crippen LogP) is 4.62. The van der Waals surface area contributed by atoms with E-state index in [1.54, 1.807) is 7.11 Å². The fourth-order valence-electron chi connectivity index (χ4n) is 4.97. The topological polar surface area (TPSA) is 104 Å². The zero-order valence-electron chi connectivity index (χ0n) is 19.7. The molecule has 2 aromatic heterocycles. The van der Waals surface area contributed by atoms with Gasteiger partial charge in [-0.25, -0.2) is 4.98 Å². The number of ether oxygens (including phenoxy) is 2. The summed E-state index contributed by atoms with van der Waals surface area (Å²) in [6, 6.07) is 7.58. The van der Waals surface area contributed by atoms with Crippen LogP contribution >= 0.6 is 11.3 Å². The van der Waals surface area contributed by atoms with Gasteiger partial charge in [0.05, 0.1) is 24.6 Å². The number of carbonyl (C=O) groups excluding carboxylic acids is 2. The van der Waals surface area contributed by atoms with E-state index in [0.717, 1.165) is 42.0 Å². The van der Waals surface area contributed by atoms with Crippen molar-refractivity contribution in [2.75, 3.05) is 26.0 Å². The quantitative estimate of drug-likeness (QED) is 0.554. The van der Waals surface area contributed by atoms with Crippen LogP contribution < -0.4 is 15.8 Å². The van der Waals surface area contributed by atoms with E-state index < -0.39 is 0 Å². The second kappa shape index (κ2) is 8.67. The largest absolute Gasteiger partial charge is 0.497 e. The summed E-state index contributed by atoms with van der Waals surface area (Å²) in [7, 11) is 1.62. The minimum absolute atomic E-state index is 0.0414. The number of nitrogen functional groups attached to an aromatic ring is 1. The number of nitrogens with two attached hydrogens (primary N) is 1. The Labute approximate surface area is 202 Å². The Morgan fingerprint density at radius 2 is 2.03 bits per heavy atom. The number of anilines is 1. The molecule has 0 spiro atoms. The number of thiophene rings is 1. The van der Waals surface area contributed by atoms with E-state index in [2.05, 4.69) is 19.2 Å². The fourth-order valence-corrected chi connectivity index (χ4v) is 6.01. The molecule has 1 aromatic carbocycles. The summed E-state index contributed by atoms with van der Waals surface area (Å²) >= 11 is 1.28. The molecule has 5 rings (SSSR count). The van der Waals surface area contributed by atoms with Gasteiger partial charge in [0.25, 0.3) is 5.91 Å². The number of hydrogen-bond donors (Lipinski definition) is 2. The van der Waals surface area contributed by atoms with Gasteiger partial charge in [-0.05, 0) is 42.4 Å². The van der Waals surface area contributed by atoms with Crippen molar-refractivity contribution in [3.05, 3.63) is 40.4 Å². The molecule has 2 aliphatic rings. The highest BCUT2D eigenvalue weighted by Gasteiger charge is 2.36. The summed E-state index contributed by atoms with van der Waals surface area (Å²) in [6.07, 6.45) is 3.12. The van der Waals surface area contributed by atoms with Crippen LogP contribution in [0.2, 0.25) is 0 Å². The number of fused-ring (bicyclic) bond motifs is 2. The standard InChI is InChI=1S/C26H29N3O4S/c1-26(2)11-17-20(18(30)12-26)19(14-6-8-15(32-3)9-7-14)21-22(27)23(34-25(21)29-17)24(31)28-13-16-5-4-10-33-16/h6-9,16H,4-5,10-13,27H2,1-3H3,(H,28,31)/t16-/m0/s1. The highest BCUT2D eigenvalue weighted by atomic mass is 32.1. The normalized spacial score (nSPS) is 19.3. The third-order valence-electron chi connectivity index (χ3n) is 6.61. The van der Waals surface area contributed by atoms with Gasteiger partial charge in [0.1, 0.15) is 15.5 Å². The summed E-state index contributed by atoms with van der Waals surface area (Å²) in [6.45, 7) is 5.35. The van der Waals surface area contributed by atoms with Crippen molar-refractivity contribution in [2.45, 2.75) is 45.6 Å². The molecule has 7 nitrogen and oxygen atoms in total. The molecule has 1 aliphatic carbocycles. The van der Waals surface area contributed by atoms with Gasteiger partial charge in [0, 0.05) is 36.1 Å². The monoisotopic (exact) mass is 479 g/mol. The van der Waals surface area contributed by atoms with E-state index in [0.29, 0.717) is 45.7 Å². The lowest BCUT2D eigenvalue weighted by Gasteiger charge is -2.31. The van der Waals surface area contributed by atoms with Gasteiger partial charge in [0.2, 0.25) is 0 Å². The maximum Gasteiger partial charge on any atom is 0.263 e. The van der Waals surface area contributed by atoms with Crippen molar-refractivity contribution in [3.8, 4) is 16.9 Å². The van der Waals surface area contributed by atoms with Crippen LogP contribution in [-0.4, -0.2) is 43.0 Å². The van der Waals surface area contributed by atoms with Crippen LogP contribution in [0.4, 0.5) is 5.69 Å². The molecule has 1 saturated heterocycles. The van der Waals surface area contributed by atoms with Crippen molar-refractivity contribution in [1.82, 2.24) is 10.3 Å². The molecule has 0 unspecified atom stereocenters. The van der Waals surface area contributed by atoms with Crippen LogP contribution in [0.5, 0.6) is 5.75 Å². The van der Waals surface area contributed by atoms with Crippen LogP contribution in [0.1, 0.15) is 58.8 Å². The van der Waals surface area contributed by atoms with Gasteiger partial charge in [0.15, 0.2) is 5.78 Å². The number of benzene rings is 1. The highest BCUT2D eigenvalue weighted by molar-refractivity contribution is 7.21. The third kappa shape index (κ3) is 4.05. The Bertz CT molecular complexity index is 1270. The molecule has 0 bridgehead atoms. The highest BCUT2D eigenvalue weighted by Crippen LogP contribution is 2.46. The van der Waals surface area contributed by atoms with Crippen LogP contribution in [0.25, 0.3) is 21.3 Å². The zero-order chi connectivity index (χ0) is 24.0. The van der Waals surface area contributed by atoms with E-state index in [1.165, 1.54) is 11.3 Å². The van der Waals surface area contributed by atoms with Gasteiger partial charge < -0.3 is 20.5 Å². The van der Waals surface area contributed by atoms with Crippen molar-refractivity contribution in [1.29, 1.82) is 0 Å². The second-order valence-electron chi connectivity index (χ2n) is 9.85. The summed E-state index contributed by atoms with van der Waals surface area (Å²) in [4.78, 5) is 32.4. The van der Waals surface area contributed by atoms with Crippen molar-refractivity contribution < 1.29 is 19.1 Å². The smallest absolute Gasteiger partial charge is 0.263 e. The fraction of sp³-hybridized carbons (Fsp3) is 0.423. The van der Waals surface area contributed by atoms with Crippen molar-refractivity contribution in [2.24, 2.45) is 5.41 Å². The first-order valence-electron chi connectivity index (χ1n) is 11.6. The Kier molecular flexibility index (Phi) is 5.81. The lowest BCUT2D eigenvalue weighted by molar-refractivity contribution is 0.0861. The molecular weight excluding hydrogens is 450 g/mol. The summed E-state index contributed by atoms with van der Waals surface area (Å²) in [5, 5.41) is 3.63. The summed E-state index contributed by atoms with van der Waals surface area (Å²) in [5.41, 5.74) is 9.79. The second-order valence-corrected chi connectivity index (χ2v) is 10.8. The molecule has 1 aliphatic heterocycles. The van der Waals surface area contributed by atoms with Gasteiger partial charge >= 0.3 is 0 Å². The predicted molar refractivity (Wildman–Crippen MR) is 134 cm³/mol. The van der Waals surface area contributed by atoms with Gasteiger partial charge in [-0.1, -0.05) is 26.0 Å². The van der Waals surface area contributed by atoms with E-state index in [4.69, 9.17) is 20.2 Å². The number of aromatic nitrogens is 1. The first-order valence-corrected chi connectivity index (χ1v) is 12.4. The van der Waals surface area contributed by atoms with Crippen LogP contribution in [-0.2, 0) is 11.2 Å². The first kappa shape index (κ1) is 22.8. The van der Waals surface area contributed by atoms with Crippen LogP contribution in [0, 0.1) is 5.41 Å². The average Bonchev–Trinajstić information content (AvgIpc) is 3.43. The molecule has 0 saturated carbocycles. The van der Waals surface area contributed by atoms with Gasteiger partial charge in [-0.3, -0.25) is 9.59 Å². The molecule has 8 heteroatoms. The average molecular weight is 480 g/mol. The SMILES string of the molecule is COc1ccc(-c2c3c(nc4sc(C(=O)NC[C@@H]5CCCO5)c(N)c24)CC(C)(C)CC3=O)cc1. The zero-order valence-corrected chi connectivity index (χ0v) is 20.5. The Hall–Kier alpha value is -2.97. The lowest BCUT2D eigenvalue weighted by Crippen LogP contribution is -2.31. The van der Waals surface area contributed by atoms with Crippen molar-refractivity contribution in [3.63, 3.8) is 0 Å². The van der Waals surface area contributed by atoms with E-state index in [1.807, 2.05) is 24.3 Å². The molecule has 1 atom stereocenters. The van der Waals surface area contributed by atoms with E-state index in [9.17, 15) is 9.59 Å². The van der Waals surface area contributed by atoms with Crippen LogP contribution in [0.3, 0.4) is 0 Å². The molecule has 178 valence electrons. The molecule has 3 heterocycles. The molecule has 3 aromatic rings. The number of pyridine rings is 1. The summed E-state index contributed by atoms with van der Waals surface area (Å²) in [5.74, 6) is 0.547. The number of methoxy groups -OCH3 is 1. The summed E-state index contributed by atoms with van der Waals surface area (Å²) < 4.78 is 10.9. The van der Waals surface area contributed by atoms with E-state index in [-0.39, 0.29) is 23.2 Å². The Balaban J connectivity index is 1.65. The molecule has 0 radical (unpaired) electrons. The number of rotatable bonds is 5. The molecule has 3 N–H and O–H groups in total. The van der Waals surface area contributed by atoms with Gasteiger partial charge in [-0.15, -0.1) is 11.3 Å². The lowest BCUT2D eigenvalue weighted by atomic mass is 9.73. The number of amides is 1. The molecule has 1 fully saturated rings. The molecule has 34 heavy (non-hydrogen) atoms.